The van der Waals surface area contributed by atoms with Gasteiger partial charge in [0, 0.05) is 32.1 Å². The first-order valence-corrected chi connectivity index (χ1v) is 6.73. The Hall–Kier alpha value is -1.30. The molecule has 0 saturated carbocycles. The van der Waals surface area contributed by atoms with Gasteiger partial charge in [-0.3, -0.25) is 9.80 Å². The maximum absolute atomic E-state index is 12.0. The Morgan fingerprint density at radius 1 is 1.32 bits per heavy atom. The topological polar surface area (TPSA) is 61.9 Å². The Labute approximate surface area is 114 Å². The largest absolute Gasteiger partial charge is 0.444 e. The fourth-order valence-electron chi connectivity index (χ4n) is 2.60. The summed E-state index contributed by atoms with van der Waals surface area (Å²) in [4.78, 5) is 25.3. The predicted octanol–water partition coefficient (Wildman–Crippen LogP) is 1.12. The summed E-state index contributed by atoms with van der Waals surface area (Å²) < 4.78 is 5.36. The van der Waals surface area contributed by atoms with Crippen LogP contribution < -0.4 is 5.43 Å². The first-order valence-electron chi connectivity index (χ1n) is 6.73. The third-order valence-corrected chi connectivity index (χ3v) is 3.64. The molecule has 1 spiro atoms. The van der Waals surface area contributed by atoms with Crippen LogP contribution in [0.2, 0.25) is 0 Å². The zero-order chi connectivity index (χ0) is 14.3. The van der Waals surface area contributed by atoms with Gasteiger partial charge in [0.05, 0.1) is 0 Å². The molecule has 2 heterocycles. The third-order valence-electron chi connectivity index (χ3n) is 3.64. The van der Waals surface area contributed by atoms with Gasteiger partial charge in [-0.25, -0.2) is 10.2 Å². The number of piperidine rings is 1. The molecule has 2 amide bonds. The molecule has 2 aliphatic rings. The molecule has 0 bridgehead atoms. The minimum atomic E-state index is -0.464. The molecule has 0 radical (unpaired) electrons. The van der Waals surface area contributed by atoms with Crippen LogP contribution in [0.5, 0.6) is 0 Å². The van der Waals surface area contributed by atoms with Gasteiger partial charge >= 0.3 is 6.09 Å². The average molecular weight is 269 g/mol. The molecule has 0 atom stereocenters. The lowest BCUT2D eigenvalue weighted by Gasteiger charge is -2.39. The highest BCUT2D eigenvalue weighted by Gasteiger charge is 2.44. The lowest BCUT2D eigenvalue weighted by molar-refractivity contribution is -0.128. The zero-order valence-corrected chi connectivity index (χ0v) is 12.2. The van der Waals surface area contributed by atoms with E-state index in [2.05, 4.69) is 5.43 Å². The number of nitrogens with one attached hydrogen (secondary N) is 1. The minimum absolute atomic E-state index is 0.116. The summed E-state index contributed by atoms with van der Waals surface area (Å²) >= 11 is 0. The highest BCUT2D eigenvalue weighted by atomic mass is 16.6. The summed E-state index contributed by atoms with van der Waals surface area (Å²) in [6.45, 7) is 6.85. The molecule has 108 valence electrons. The smallest absolute Gasteiger partial charge is 0.410 e. The van der Waals surface area contributed by atoms with Gasteiger partial charge in [-0.1, -0.05) is 0 Å². The van der Waals surface area contributed by atoms with Crippen LogP contribution in [0.4, 0.5) is 4.79 Å². The molecule has 19 heavy (non-hydrogen) atoms. The second-order valence-corrected chi connectivity index (χ2v) is 6.49. The molecule has 2 saturated heterocycles. The molecule has 6 heteroatoms. The summed E-state index contributed by atoms with van der Waals surface area (Å²) in [5.41, 5.74) is 2.61. The summed E-state index contributed by atoms with van der Waals surface area (Å²) in [5, 5.41) is 1.56. The van der Waals surface area contributed by atoms with Crippen molar-refractivity contribution in [2.24, 2.45) is 0 Å². The van der Waals surface area contributed by atoms with Gasteiger partial charge in [-0.05, 0) is 33.6 Å². The average Bonchev–Trinajstić information content (AvgIpc) is 2.52. The van der Waals surface area contributed by atoms with Crippen LogP contribution in [0.1, 0.15) is 40.0 Å². The van der Waals surface area contributed by atoms with E-state index in [1.165, 1.54) is 0 Å². The van der Waals surface area contributed by atoms with Crippen molar-refractivity contribution in [1.29, 1.82) is 0 Å². The van der Waals surface area contributed by atoms with Crippen molar-refractivity contribution in [2.75, 3.05) is 20.1 Å². The number of rotatable bonds is 0. The van der Waals surface area contributed by atoms with Crippen LogP contribution >= 0.6 is 0 Å². The van der Waals surface area contributed by atoms with Crippen molar-refractivity contribution in [3.63, 3.8) is 0 Å². The van der Waals surface area contributed by atoms with E-state index in [1.54, 1.807) is 17.0 Å². The summed E-state index contributed by atoms with van der Waals surface area (Å²) in [7, 11) is 1.75. The Kier molecular flexibility index (Phi) is 3.47. The first kappa shape index (κ1) is 14.1. The third kappa shape index (κ3) is 3.18. The van der Waals surface area contributed by atoms with Crippen molar-refractivity contribution in [3.05, 3.63) is 0 Å². The standard InChI is InChI=1S/C13H23N3O3/c1-12(2,3)19-11(18)16-7-5-13(6-8-16)9-10(17)15(4)14-13/h14H,5-9H2,1-4H3. The summed E-state index contributed by atoms with van der Waals surface area (Å²) in [5.74, 6) is 0.116. The second-order valence-electron chi connectivity index (χ2n) is 6.49. The number of amides is 2. The number of nitrogens with zero attached hydrogens (tertiary/aromatic N) is 2. The van der Waals surface area contributed by atoms with E-state index < -0.39 is 5.60 Å². The van der Waals surface area contributed by atoms with Gasteiger partial charge in [0.1, 0.15) is 5.60 Å². The normalized spacial score (nSPS) is 23.1. The lowest BCUT2D eigenvalue weighted by atomic mass is 9.86. The molecule has 0 unspecified atom stereocenters. The number of ether oxygens (including phenoxy) is 1. The van der Waals surface area contributed by atoms with Crippen molar-refractivity contribution in [1.82, 2.24) is 15.3 Å². The Balaban J connectivity index is 1.89. The van der Waals surface area contributed by atoms with Crippen LogP contribution in [0, 0.1) is 0 Å². The molecule has 0 aromatic rings. The summed E-state index contributed by atoms with van der Waals surface area (Å²) in [6, 6.07) is 0. The fraction of sp³-hybridized carbons (Fsp3) is 0.846. The Morgan fingerprint density at radius 2 is 1.89 bits per heavy atom. The van der Waals surface area contributed by atoms with Crippen LogP contribution in [-0.4, -0.2) is 53.2 Å². The van der Waals surface area contributed by atoms with E-state index >= 15 is 0 Å². The molecule has 2 aliphatic heterocycles. The van der Waals surface area contributed by atoms with Gasteiger partial charge in [-0.2, -0.15) is 0 Å². The van der Waals surface area contributed by atoms with E-state index in [1.807, 2.05) is 20.8 Å². The predicted molar refractivity (Wildman–Crippen MR) is 70.3 cm³/mol. The van der Waals surface area contributed by atoms with Crippen LogP contribution in [-0.2, 0) is 9.53 Å². The molecular formula is C13H23N3O3. The molecule has 0 aromatic heterocycles. The van der Waals surface area contributed by atoms with Crippen molar-refractivity contribution in [3.8, 4) is 0 Å². The molecular weight excluding hydrogens is 246 g/mol. The van der Waals surface area contributed by atoms with E-state index in [9.17, 15) is 9.59 Å². The number of hydrazine groups is 1. The quantitative estimate of drug-likeness (QED) is 0.716. The van der Waals surface area contributed by atoms with Crippen LogP contribution in [0.25, 0.3) is 0 Å². The molecule has 2 rings (SSSR count). The SMILES string of the molecule is CN1NC2(CCN(C(=O)OC(C)(C)C)CC2)CC1=O. The van der Waals surface area contributed by atoms with Crippen molar-refractivity contribution in [2.45, 2.75) is 51.2 Å². The van der Waals surface area contributed by atoms with Gasteiger partial charge in [0.25, 0.3) is 0 Å². The van der Waals surface area contributed by atoms with Gasteiger partial charge in [0.2, 0.25) is 5.91 Å². The molecule has 0 aliphatic carbocycles. The highest BCUT2D eigenvalue weighted by molar-refractivity contribution is 5.79. The Bertz CT molecular complexity index is 381. The number of carbonyl (C=O) groups is 2. The monoisotopic (exact) mass is 269 g/mol. The fourth-order valence-corrected chi connectivity index (χ4v) is 2.60. The lowest BCUT2D eigenvalue weighted by Crippen LogP contribution is -2.54. The summed E-state index contributed by atoms with van der Waals surface area (Å²) in [6.07, 6.45) is 1.82. The van der Waals surface area contributed by atoms with Crippen LogP contribution in [0.3, 0.4) is 0 Å². The van der Waals surface area contributed by atoms with Gasteiger partial charge in [-0.15, -0.1) is 0 Å². The maximum atomic E-state index is 12.0. The van der Waals surface area contributed by atoms with Crippen LogP contribution in [0.15, 0.2) is 0 Å². The van der Waals surface area contributed by atoms with Crippen molar-refractivity contribution < 1.29 is 14.3 Å². The van der Waals surface area contributed by atoms with Crippen molar-refractivity contribution >= 4 is 12.0 Å². The highest BCUT2D eigenvalue weighted by Crippen LogP contribution is 2.31. The number of hydrogen-bond donors (Lipinski definition) is 1. The van der Waals surface area contributed by atoms with E-state index in [-0.39, 0.29) is 17.5 Å². The van der Waals surface area contributed by atoms with E-state index in [0.717, 1.165) is 12.8 Å². The minimum Gasteiger partial charge on any atom is -0.444 e. The molecule has 0 aromatic carbocycles. The molecule has 1 N–H and O–H groups in total. The zero-order valence-electron chi connectivity index (χ0n) is 12.2. The van der Waals surface area contributed by atoms with E-state index in [4.69, 9.17) is 4.74 Å². The number of hydrogen-bond acceptors (Lipinski definition) is 4. The molecule has 2 fully saturated rings. The first-order chi connectivity index (χ1) is 8.71. The van der Waals surface area contributed by atoms with E-state index in [0.29, 0.717) is 19.5 Å². The second kappa shape index (κ2) is 4.67. The maximum Gasteiger partial charge on any atom is 0.410 e. The Morgan fingerprint density at radius 3 is 2.32 bits per heavy atom. The molecule has 6 nitrogen and oxygen atoms in total. The number of likely N-dealkylation sites (tertiary alicyclic amines) is 1. The number of carbonyl (C=O) groups excluding carboxylic acids is 2. The van der Waals surface area contributed by atoms with Gasteiger partial charge in [0.15, 0.2) is 0 Å². The van der Waals surface area contributed by atoms with Gasteiger partial charge < -0.3 is 9.64 Å².